The monoisotopic (exact) mass is 207 g/mol. The third-order valence-electron chi connectivity index (χ3n) is 4.77. The summed E-state index contributed by atoms with van der Waals surface area (Å²) < 4.78 is 0. The van der Waals surface area contributed by atoms with Gasteiger partial charge in [0.1, 0.15) is 0 Å². The lowest BCUT2D eigenvalue weighted by Gasteiger charge is -2.25. The van der Waals surface area contributed by atoms with Gasteiger partial charge in [0, 0.05) is 11.1 Å². The van der Waals surface area contributed by atoms with Crippen LogP contribution in [-0.4, -0.2) is 4.98 Å². The van der Waals surface area contributed by atoms with Crippen molar-refractivity contribution in [2.24, 2.45) is 0 Å². The van der Waals surface area contributed by atoms with E-state index in [9.17, 15) is 0 Å². The summed E-state index contributed by atoms with van der Waals surface area (Å²) in [6.45, 7) is 0. The largest absolute Gasteiger partial charge is 0.253 e. The molecule has 5 rings (SSSR count). The highest BCUT2D eigenvalue weighted by molar-refractivity contribution is 5.92. The number of fused-ring (bicyclic) bond motifs is 4. The summed E-state index contributed by atoms with van der Waals surface area (Å²) in [5.74, 6) is 0. The van der Waals surface area contributed by atoms with Crippen molar-refractivity contribution in [3.63, 3.8) is 0 Å². The van der Waals surface area contributed by atoms with Gasteiger partial charge < -0.3 is 0 Å². The van der Waals surface area contributed by atoms with E-state index in [-0.39, 0.29) is 0 Å². The molecule has 3 aliphatic rings. The summed E-state index contributed by atoms with van der Waals surface area (Å²) in [5.41, 5.74) is 10.9. The summed E-state index contributed by atoms with van der Waals surface area (Å²) in [6.07, 6.45) is 7.67. The van der Waals surface area contributed by atoms with E-state index in [2.05, 4.69) is 6.07 Å². The zero-order valence-electron chi connectivity index (χ0n) is 9.27. The normalized spacial score (nSPS) is 19.0. The summed E-state index contributed by atoms with van der Waals surface area (Å²) in [4.78, 5) is 4.86. The molecule has 0 amide bonds. The van der Waals surface area contributed by atoms with Crippen molar-refractivity contribution < 1.29 is 0 Å². The van der Waals surface area contributed by atoms with E-state index < -0.39 is 0 Å². The quantitative estimate of drug-likeness (QED) is 0.647. The van der Waals surface area contributed by atoms with E-state index in [0.29, 0.717) is 0 Å². The zero-order chi connectivity index (χ0) is 10.3. The minimum absolute atomic E-state index is 1.21. The van der Waals surface area contributed by atoms with E-state index in [0.717, 1.165) is 0 Å². The Balaban J connectivity index is 2.05. The van der Waals surface area contributed by atoms with Crippen LogP contribution >= 0.6 is 0 Å². The van der Waals surface area contributed by atoms with Crippen molar-refractivity contribution in [1.82, 2.24) is 4.98 Å². The Bertz CT molecular complexity index is 612. The van der Waals surface area contributed by atoms with Crippen molar-refractivity contribution in [2.45, 2.75) is 38.5 Å². The van der Waals surface area contributed by atoms with Gasteiger partial charge >= 0.3 is 0 Å². The van der Waals surface area contributed by atoms with Gasteiger partial charge in [0.05, 0.1) is 5.52 Å². The van der Waals surface area contributed by atoms with Gasteiger partial charge in [0.2, 0.25) is 0 Å². The summed E-state index contributed by atoms with van der Waals surface area (Å²) >= 11 is 0. The number of hydrogen-bond acceptors (Lipinski definition) is 1. The van der Waals surface area contributed by atoms with Crippen molar-refractivity contribution in [3.05, 3.63) is 39.6 Å². The van der Waals surface area contributed by atoms with Gasteiger partial charge in [0.25, 0.3) is 0 Å². The highest BCUT2D eigenvalue weighted by Crippen LogP contribution is 2.42. The van der Waals surface area contributed by atoms with Crippen LogP contribution in [0.5, 0.6) is 0 Å². The summed E-state index contributed by atoms with van der Waals surface area (Å²) in [7, 11) is 0. The first-order valence-electron chi connectivity index (χ1n) is 6.40. The smallest absolute Gasteiger partial charge is 0.0714 e. The van der Waals surface area contributed by atoms with E-state index in [4.69, 9.17) is 4.98 Å². The van der Waals surface area contributed by atoms with Crippen LogP contribution < -0.4 is 0 Å². The molecule has 0 saturated carbocycles. The molecule has 0 atom stereocenters. The van der Waals surface area contributed by atoms with Crippen LogP contribution in [0.2, 0.25) is 0 Å². The molecule has 2 aromatic rings. The minimum atomic E-state index is 1.21. The van der Waals surface area contributed by atoms with Crippen molar-refractivity contribution in [1.29, 1.82) is 0 Å². The highest BCUT2D eigenvalue weighted by atomic mass is 14.7. The Labute approximate surface area is 94.5 Å². The lowest BCUT2D eigenvalue weighted by atomic mass is 9.82. The average molecular weight is 207 g/mol. The van der Waals surface area contributed by atoms with Crippen molar-refractivity contribution in [2.75, 3.05) is 0 Å². The molecule has 78 valence electrons. The predicted octanol–water partition coefficient (Wildman–Crippen LogP) is 2.53. The maximum absolute atomic E-state index is 4.86. The van der Waals surface area contributed by atoms with Crippen molar-refractivity contribution in [3.8, 4) is 0 Å². The Kier molecular flexibility index (Phi) is 1.13. The van der Waals surface area contributed by atoms with E-state index in [1.165, 1.54) is 49.7 Å². The van der Waals surface area contributed by atoms with Crippen LogP contribution in [0.1, 0.15) is 33.5 Å². The molecule has 16 heavy (non-hydrogen) atoms. The van der Waals surface area contributed by atoms with Crippen LogP contribution in [0.25, 0.3) is 10.9 Å². The molecule has 0 bridgehead atoms. The predicted molar refractivity (Wildman–Crippen MR) is 64.0 cm³/mol. The lowest BCUT2D eigenvalue weighted by Crippen LogP contribution is -2.15. The second kappa shape index (κ2) is 2.32. The van der Waals surface area contributed by atoms with E-state index in [1.54, 1.807) is 33.2 Å². The van der Waals surface area contributed by atoms with E-state index in [1.807, 2.05) is 0 Å². The SMILES string of the molecule is c1c2c(c3c4c(c5c(nc14)CC5)CC3)CC2. The molecule has 0 N–H and O–H groups in total. The molecular weight excluding hydrogens is 194 g/mol. The zero-order valence-corrected chi connectivity index (χ0v) is 9.27. The van der Waals surface area contributed by atoms with Crippen LogP contribution in [0.15, 0.2) is 6.07 Å². The minimum Gasteiger partial charge on any atom is -0.253 e. The van der Waals surface area contributed by atoms with Crippen LogP contribution in [-0.2, 0) is 38.5 Å². The second-order valence-electron chi connectivity index (χ2n) is 5.40. The first kappa shape index (κ1) is 7.83. The molecule has 1 nitrogen and oxygen atoms in total. The third-order valence-corrected chi connectivity index (χ3v) is 4.77. The fourth-order valence-corrected chi connectivity index (χ4v) is 3.77. The molecule has 1 heteroatoms. The van der Waals surface area contributed by atoms with Crippen molar-refractivity contribution >= 4 is 10.9 Å². The molecular formula is C15H13N. The number of hydrogen-bond donors (Lipinski definition) is 0. The molecule has 1 heterocycles. The molecule has 3 aliphatic carbocycles. The molecule has 1 aromatic heterocycles. The fraction of sp³-hybridized carbons (Fsp3) is 0.400. The summed E-state index contributed by atoms with van der Waals surface area (Å²) in [5, 5.41) is 1.55. The van der Waals surface area contributed by atoms with Crippen LogP contribution in [0, 0.1) is 0 Å². The average Bonchev–Trinajstić information content (AvgIpc) is 2.59. The maximum Gasteiger partial charge on any atom is 0.0714 e. The number of benzene rings is 1. The third kappa shape index (κ3) is 0.694. The molecule has 0 radical (unpaired) electrons. The van der Waals surface area contributed by atoms with Gasteiger partial charge in [-0.15, -0.1) is 0 Å². The summed E-state index contributed by atoms with van der Waals surface area (Å²) in [6, 6.07) is 2.37. The fourth-order valence-electron chi connectivity index (χ4n) is 3.77. The Morgan fingerprint density at radius 2 is 1.50 bits per heavy atom. The van der Waals surface area contributed by atoms with Gasteiger partial charge in [-0.1, -0.05) is 0 Å². The molecule has 0 saturated heterocycles. The van der Waals surface area contributed by atoms with Gasteiger partial charge in [-0.2, -0.15) is 0 Å². The lowest BCUT2D eigenvalue weighted by molar-refractivity contribution is 0.780. The maximum atomic E-state index is 4.86. The first-order valence-corrected chi connectivity index (χ1v) is 6.40. The molecule has 0 fully saturated rings. The number of rotatable bonds is 0. The topological polar surface area (TPSA) is 12.9 Å². The number of nitrogens with zero attached hydrogens (tertiary/aromatic N) is 1. The molecule has 0 aliphatic heterocycles. The number of aromatic nitrogens is 1. The van der Waals surface area contributed by atoms with Crippen LogP contribution in [0.4, 0.5) is 0 Å². The highest BCUT2D eigenvalue weighted by Gasteiger charge is 2.30. The van der Waals surface area contributed by atoms with Gasteiger partial charge in [0.15, 0.2) is 0 Å². The first-order chi connectivity index (χ1) is 7.92. The number of pyridine rings is 1. The van der Waals surface area contributed by atoms with Crippen LogP contribution in [0.3, 0.4) is 0 Å². The van der Waals surface area contributed by atoms with E-state index >= 15 is 0 Å². The van der Waals surface area contributed by atoms with Gasteiger partial charge in [-0.25, -0.2) is 0 Å². The second-order valence-corrected chi connectivity index (χ2v) is 5.40. The standard InChI is InChI=1S/C15H13N/c1-2-9-8(1)7-14-15-11(9)3-4-12(15)10-5-6-13(10)16-14/h7H,1-6H2. The molecule has 0 unspecified atom stereocenters. The van der Waals surface area contributed by atoms with Gasteiger partial charge in [-0.05, 0) is 72.4 Å². The Hall–Kier alpha value is -1.37. The Morgan fingerprint density at radius 3 is 2.19 bits per heavy atom. The Morgan fingerprint density at radius 1 is 0.750 bits per heavy atom. The molecule has 1 aromatic carbocycles. The van der Waals surface area contributed by atoms with Gasteiger partial charge in [-0.3, -0.25) is 4.98 Å². The molecule has 0 spiro atoms. The number of aryl methyl sites for hydroxylation is 4.